The van der Waals surface area contributed by atoms with Crippen LogP contribution in [-0.4, -0.2) is 75.6 Å². The van der Waals surface area contributed by atoms with E-state index in [0.29, 0.717) is 6.42 Å². The average molecular weight is 458 g/mol. The van der Waals surface area contributed by atoms with E-state index in [1.165, 1.54) is 0 Å². The summed E-state index contributed by atoms with van der Waals surface area (Å²) >= 11 is 0. The fraction of sp³-hybridized carbons (Fsp3) is 0.591. The number of aliphatic hydroxyl groups excluding tert-OH is 3. The second-order valence-corrected chi connectivity index (χ2v) is 7.41. The molecule has 178 valence electrons. The van der Waals surface area contributed by atoms with Crippen molar-refractivity contribution in [3.8, 4) is 0 Å². The minimum atomic E-state index is -2.14. The zero-order valence-corrected chi connectivity index (χ0v) is 17.7. The first-order valence-electron chi connectivity index (χ1n) is 12.3. The lowest BCUT2D eigenvalue weighted by Crippen LogP contribution is -2.60. The minimum absolute atomic E-state index is 0.00784. The van der Waals surface area contributed by atoms with E-state index in [2.05, 4.69) is 0 Å². The van der Waals surface area contributed by atoms with Crippen molar-refractivity contribution in [3.05, 3.63) is 35.3 Å². The average Bonchev–Trinajstić information content (AvgIpc) is 2.84. The molecule has 1 aromatic rings. The van der Waals surface area contributed by atoms with Crippen molar-refractivity contribution >= 4 is 17.9 Å². The summed E-state index contributed by atoms with van der Waals surface area (Å²) in [5, 5.41) is 38.9. The highest BCUT2D eigenvalue weighted by Crippen LogP contribution is 2.24. The zero-order chi connectivity index (χ0) is 27.3. The number of esters is 2. The molecule has 4 N–H and O–H groups in total. The van der Waals surface area contributed by atoms with Gasteiger partial charge in [0.05, 0.1) is 23.2 Å². The summed E-state index contributed by atoms with van der Waals surface area (Å²) in [7, 11) is 0. The molecule has 1 heterocycles. The third-order valence-corrected chi connectivity index (χ3v) is 5.13. The smallest absolute Gasteiger partial charge is 0.341 e. The predicted molar refractivity (Wildman–Crippen MR) is 110 cm³/mol. The summed E-state index contributed by atoms with van der Waals surface area (Å²) in [6, 6.07) is -3.47. The van der Waals surface area contributed by atoms with Gasteiger partial charge in [0.1, 0.15) is 18.3 Å². The largest absolute Gasteiger partial charge is 0.479 e. The Morgan fingerprint density at radius 2 is 1.69 bits per heavy atom. The number of unbranched alkanes of at least 4 members (excludes halogenated alkanes) is 1. The van der Waals surface area contributed by atoms with Gasteiger partial charge in [-0.3, -0.25) is 0 Å². The van der Waals surface area contributed by atoms with Gasteiger partial charge in [-0.2, -0.15) is 0 Å². The lowest BCUT2D eigenvalue weighted by atomic mass is 9.99. The molecule has 1 aliphatic rings. The number of carboxylic acid groups (broad SMARTS) is 1. The van der Waals surface area contributed by atoms with Crippen molar-refractivity contribution in [2.24, 2.45) is 5.92 Å². The van der Waals surface area contributed by atoms with E-state index >= 15 is 0 Å². The van der Waals surface area contributed by atoms with Crippen molar-refractivity contribution in [3.63, 3.8) is 0 Å². The molecule has 10 nitrogen and oxygen atoms in total. The monoisotopic (exact) mass is 458 g/mol. The SMILES string of the molecule is [2H]c1c([2H])c([2H])c(C(=O)O[C@@H]2O[C@H](C(=O)O)[C@@H](O)C(O)[C@H]2O)c(C(=O)OCC(CC)CCCC)c1[2H]. The van der Waals surface area contributed by atoms with Gasteiger partial charge < -0.3 is 34.6 Å². The predicted octanol–water partition coefficient (Wildman–Crippen LogP) is 1.11. The van der Waals surface area contributed by atoms with Crippen molar-refractivity contribution < 1.29 is 54.5 Å². The Morgan fingerprint density at radius 1 is 1.06 bits per heavy atom. The van der Waals surface area contributed by atoms with E-state index in [4.69, 9.17) is 24.8 Å². The van der Waals surface area contributed by atoms with Crippen LogP contribution in [0.1, 0.15) is 65.7 Å². The second kappa shape index (κ2) is 11.9. The molecule has 1 aliphatic heterocycles. The van der Waals surface area contributed by atoms with Crippen molar-refractivity contribution in [1.82, 2.24) is 0 Å². The molecule has 1 aromatic carbocycles. The number of carboxylic acids is 1. The van der Waals surface area contributed by atoms with Crippen LogP contribution < -0.4 is 0 Å². The summed E-state index contributed by atoms with van der Waals surface area (Å²) in [6.45, 7) is 3.85. The van der Waals surface area contributed by atoms with Crippen LogP contribution in [0, 0.1) is 5.92 Å². The highest BCUT2D eigenvalue weighted by molar-refractivity contribution is 6.03. The number of rotatable bonds is 10. The van der Waals surface area contributed by atoms with Crippen LogP contribution in [-0.2, 0) is 19.0 Å². The lowest BCUT2D eigenvalue weighted by molar-refractivity contribution is -0.278. The molecule has 2 unspecified atom stereocenters. The molecule has 10 heteroatoms. The van der Waals surface area contributed by atoms with Gasteiger partial charge in [0.25, 0.3) is 0 Å². The Hall–Kier alpha value is -2.53. The molecule has 2 rings (SSSR count). The molecule has 0 aliphatic carbocycles. The maximum Gasteiger partial charge on any atom is 0.341 e. The van der Waals surface area contributed by atoms with Gasteiger partial charge in [-0.15, -0.1) is 0 Å². The summed E-state index contributed by atoms with van der Waals surface area (Å²) < 4.78 is 47.0. The third kappa shape index (κ3) is 6.26. The highest BCUT2D eigenvalue weighted by atomic mass is 16.7. The molecule has 1 fully saturated rings. The van der Waals surface area contributed by atoms with Crippen LogP contribution in [0.15, 0.2) is 24.2 Å². The van der Waals surface area contributed by atoms with Gasteiger partial charge in [0.15, 0.2) is 6.10 Å². The maximum absolute atomic E-state index is 13.0. The maximum atomic E-state index is 13.0. The van der Waals surface area contributed by atoms with Gasteiger partial charge in [-0.1, -0.05) is 45.2 Å². The molecule has 0 aromatic heterocycles. The van der Waals surface area contributed by atoms with Crippen LogP contribution in [0.2, 0.25) is 0 Å². The summed E-state index contributed by atoms with van der Waals surface area (Å²) in [6.07, 6.45) is -7.19. The Bertz CT molecular complexity index is 988. The van der Waals surface area contributed by atoms with E-state index < -0.39 is 83.9 Å². The summed E-state index contributed by atoms with van der Waals surface area (Å²) in [4.78, 5) is 37.1. The molecule has 6 atom stereocenters. The van der Waals surface area contributed by atoms with E-state index in [0.717, 1.165) is 19.3 Å². The Kier molecular flexibility index (Phi) is 7.48. The third-order valence-electron chi connectivity index (χ3n) is 5.13. The Labute approximate surface area is 191 Å². The van der Waals surface area contributed by atoms with Crippen LogP contribution in [0.25, 0.3) is 0 Å². The second-order valence-electron chi connectivity index (χ2n) is 7.41. The number of hydrogen-bond donors (Lipinski definition) is 4. The highest BCUT2D eigenvalue weighted by Gasteiger charge is 2.48. The number of aliphatic carboxylic acids is 1. The quantitative estimate of drug-likeness (QED) is 0.374. The topological polar surface area (TPSA) is 160 Å². The van der Waals surface area contributed by atoms with Gasteiger partial charge in [-0.25, -0.2) is 14.4 Å². The molecular formula is C22H30O10. The number of ether oxygens (including phenoxy) is 3. The summed E-state index contributed by atoms with van der Waals surface area (Å²) in [5.41, 5.74) is -1.73. The molecule has 0 saturated carbocycles. The molecule has 0 spiro atoms. The lowest BCUT2D eigenvalue weighted by Gasteiger charge is -2.37. The molecule has 0 bridgehead atoms. The van der Waals surface area contributed by atoms with Gasteiger partial charge in [0, 0.05) is 0 Å². The fourth-order valence-corrected chi connectivity index (χ4v) is 3.10. The van der Waals surface area contributed by atoms with E-state index in [-0.39, 0.29) is 12.5 Å². The van der Waals surface area contributed by atoms with E-state index in [1.54, 1.807) is 0 Å². The van der Waals surface area contributed by atoms with E-state index in [9.17, 15) is 29.7 Å². The van der Waals surface area contributed by atoms with Gasteiger partial charge in [0.2, 0.25) is 6.29 Å². The van der Waals surface area contributed by atoms with E-state index in [1.807, 2.05) is 13.8 Å². The first kappa shape index (κ1) is 20.1. The number of carbonyl (C=O) groups excluding carboxylic acids is 2. The standard InChI is InChI=1S/C22H30O10/c1-3-5-8-12(4-2)11-30-20(28)13-9-6-7-10-14(13)21(29)32-22-17(25)15(23)16(24)18(31-22)19(26)27/h6-7,9-10,12,15-18,22-25H,3-5,8,11H2,1-2H3,(H,26,27)/t12?,15?,16-,17+,18-,22-/m0/s1/i6D,7D,9D,10D. The number of benzene rings is 1. The van der Waals surface area contributed by atoms with Crippen molar-refractivity contribution in [1.29, 1.82) is 0 Å². The fourth-order valence-electron chi connectivity index (χ4n) is 3.10. The Morgan fingerprint density at radius 3 is 2.25 bits per heavy atom. The Balaban J connectivity index is 2.39. The number of aliphatic hydroxyl groups is 3. The molecule has 1 saturated heterocycles. The van der Waals surface area contributed by atoms with Gasteiger partial charge >= 0.3 is 17.9 Å². The number of hydrogen-bond acceptors (Lipinski definition) is 9. The summed E-state index contributed by atoms with van der Waals surface area (Å²) in [5.74, 6) is -4.50. The van der Waals surface area contributed by atoms with Crippen molar-refractivity contribution in [2.75, 3.05) is 6.61 Å². The first-order chi connectivity index (χ1) is 16.9. The van der Waals surface area contributed by atoms with Crippen LogP contribution >= 0.6 is 0 Å². The normalized spacial score (nSPS) is 28.0. The minimum Gasteiger partial charge on any atom is -0.479 e. The molecule has 0 amide bonds. The molecule has 0 radical (unpaired) electrons. The van der Waals surface area contributed by atoms with Gasteiger partial charge in [-0.05, 0) is 24.4 Å². The van der Waals surface area contributed by atoms with Crippen molar-refractivity contribution in [2.45, 2.75) is 70.2 Å². The van der Waals surface area contributed by atoms with Crippen LogP contribution in [0.3, 0.4) is 0 Å². The first-order valence-corrected chi connectivity index (χ1v) is 10.3. The van der Waals surface area contributed by atoms with Crippen LogP contribution in [0.5, 0.6) is 0 Å². The number of carbonyl (C=O) groups is 3. The molecule has 32 heavy (non-hydrogen) atoms. The molecular weight excluding hydrogens is 424 g/mol. The zero-order valence-electron chi connectivity index (χ0n) is 21.7. The van der Waals surface area contributed by atoms with Crippen LogP contribution in [0.4, 0.5) is 0 Å².